The van der Waals surface area contributed by atoms with Gasteiger partial charge in [0, 0.05) is 21.4 Å². The standard InChI is InChI=1S/C15H15BrN2OS/c1-9-8-10(6-7-13(9)19-2)18-12-5-3-4-11(16)14(12)15(17)20/h3-8,18H,1-2H3,(H2,17,20). The van der Waals surface area contributed by atoms with Crippen molar-refractivity contribution in [1.82, 2.24) is 0 Å². The average Bonchev–Trinajstić information content (AvgIpc) is 2.38. The number of hydrogen-bond donors (Lipinski definition) is 2. The summed E-state index contributed by atoms with van der Waals surface area (Å²) in [5.41, 5.74) is 9.48. The van der Waals surface area contributed by atoms with Gasteiger partial charge in [0.2, 0.25) is 0 Å². The first kappa shape index (κ1) is 14.8. The summed E-state index contributed by atoms with van der Waals surface area (Å²) in [6.07, 6.45) is 0. The molecule has 0 radical (unpaired) electrons. The highest BCUT2D eigenvalue weighted by Crippen LogP contribution is 2.29. The van der Waals surface area contributed by atoms with Crippen LogP contribution in [-0.4, -0.2) is 12.1 Å². The van der Waals surface area contributed by atoms with E-state index in [9.17, 15) is 0 Å². The van der Waals surface area contributed by atoms with Gasteiger partial charge in [0.15, 0.2) is 0 Å². The van der Waals surface area contributed by atoms with Crippen molar-refractivity contribution in [1.29, 1.82) is 0 Å². The van der Waals surface area contributed by atoms with Crippen LogP contribution >= 0.6 is 28.1 Å². The second-order valence-electron chi connectivity index (χ2n) is 4.34. The van der Waals surface area contributed by atoms with Gasteiger partial charge in [-0.1, -0.05) is 18.3 Å². The Balaban J connectivity index is 2.38. The molecule has 104 valence electrons. The molecular weight excluding hydrogens is 336 g/mol. The molecule has 2 rings (SSSR count). The quantitative estimate of drug-likeness (QED) is 0.813. The molecule has 0 aliphatic heterocycles. The molecule has 2 aromatic carbocycles. The van der Waals surface area contributed by atoms with Crippen LogP contribution in [0.5, 0.6) is 5.75 Å². The third-order valence-electron chi connectivity index (χ3n) is 2.93. The van der Waals surface area contributed by atoms with Crippen molar-refractivity contribution in [3.63, 3.8) is 0 Å². The molecule has 0 aliphatic carbocycles. The minimum atomic E-state index is 0.352. The zero-order valence-electron chi connectivity index (χ0n) is 11.2. The molecule has 0 amide bonds. The number of methoxy groups -OCH3 is 1. The lowest BCUT2D eigenvalue weighted by atomic mass is 10.1. The topological polar surface area (TPSA) is 47.3 Å². The number of rotatable bonds is 4. The summed E-state index contributed by atoms with van der Waals surface area (Å²) in [6.45, 7) is 2.00. The summed E-state index contributed by atoms with van der Waals surface area (Å²) in [5.74, 6) is 0.861. The van der Waals surface area contributed by atoms with E-state index in [1.807, 2.05) is 43.3 Å². The highest BCUT2D eigenvalue weighted by Gasteiger charge is 2.10. The van der Waals surface area contributed by atoms with Crippen LogP contribution in [0, 0.1) is 6.92 Å². The molecule has 0 aliphatic rings. The molecule has 3 N–H and O–H groups in total. The van der Waals surface area contributed by atoms with Crippen LogP contribution in [0.15, 0.2) is 40.9 Å². The normalized spacial score (nSPS) is 10.2. The SMILES string of the molecule is COc1ccc(Nc2cccc(Br)c2C(N)=S)cc1C. The second-order valence-corrected chi connectivity index (χ2v) is 5.63. The van der Waals surface area contributed by atoms with Gasteiger partial charge in [-0.05, 0) is 58.7 Å². The Morgan fingerprint density at radius 1 is 1.30 bits per heavy atom. The van der Waals surface area contributed by atoms with E-state index >= 15 is 0 Å². The third kappa shape index (κ3) is 3.11. The number of nitrogens with one attached hydrogen (secondary N) is 1. The molecule has 5 heteroatoms. The minimum absolute atomic E-state index is 0.352. The van der Waals surface area contributed by atoms with Crippen molar-refractivity contribution in [2.75, 3.05) is 12.4 Å². The molecule has 2 aromatic rings. The maximum atomic E-state index is 5.79. The van der Waals surface area contributed by atoms with Gasteiger partial charge in [-0.25, -0.2) is 0 Å². The molecule has 3 nitrogen and oxygen atoms in total. The molecule has 0 saturated heterocycles. The van der Waals surface area contributed by atoms with E-state index in [0.29, 0.717) is 4.99 Å². The minimum Gasteiger partial charge on any atom is -0.496 e. The summed E-state index contributed by atoms with van der Waals surface area (Å²) in [5, 5.41) is 3.33. The zero-order valence-corrected chi connectivity index (χ0v) is 13.6. The molecule has 0 unspecified atom stereocenters. The first-order valence-corrected chi connectivity index (χ1v) is 7.23. The first-order valence-electron chi connectivity index (χ1n) is 6.03. The summed E-state index contributed by atoms with van der Waals surface area (Å²) >= 11 is 8.58. The zero-order chi connectivity index (χ0) is 14.7. The molecular formula is C15H15BrN2OS. The summed E-state index contributed by atoms with van der Waals surface area (Å²) in [6, 6.07) is 11.7. The number of anilines is 2. The Morgan fingerprint density at radius 2 is 2.05 bits per heavy atom. The number of benzene rings is 2. The fourth-order valence-corrected chi connectivity index (χ4v) is 2.92. The van der Waals surface area contributed by atoms with Crippen LogP contribution in [0.2, 0.25) is 0 Å². The van der Waals surface area contributed by atoms with Gasteiger partial charge in [0.05, 0.1) is 7.11 Å². The van der Waals surface area contributed by atoms with E-state index in [1.165, 1.54) is 0 Å². The smallest absolute Gasteiger partial charge is 0.121 e. The van der Waals surface area contributed by atoms with Gasteiger partial charge >= 0.3 is 0 Å². The van der Waals surface area contributed by atoms with Crippen molar-refractivity contribution >= 4 is 44.5 Å². The van der Waals surface area contributed by atoms with Crippen LogP contribution in [-0.2, 0) is 0 Å². The average molecular weight is 351 g/mol. The lowest BCUT2D eigenvalue weighted by Gasteiger charge is -2.14. The molecule has 0 bridgehead atoms. The predicted octanol–water partition coefficient (Wildman–Crippen LogP) is 4.14. The number of halogens is 1. The monoisotopic (exact) mass is 350 g/mol. The highest BCUT2D eigenvalue weighted by molar-refractivity contribution is 9.10. The third-order valence-corrected chi connectivity index (χ3v) is 3.80. The van der Waals surface area contributed by atoms with E-state index in [1.54, 1.807) is 7.11 Å². The molecule has 0 heterocycles. The Hall–Kier alpha value is -1.59. The lowest BCUT2D eigenvalue weighted by molar-refractivity contribution is 0.412. The van der Waals surface area contributed by atoms with Crippen molar-refractivity contribution < 1.29 is 4.74 Å². The summed E-state index contributed by atoms with van der Waals surface area (Å²) < 4.78 is 6.13. The number of ether oxygens (including phenoxy) is 1. The first-order chi connectivity index (χ1) is 9.52. The Kier molecular flexibility index (Phi) is 4.62. The molecule has 0 aromatic heterocycles. The number of aryl methyl sites for hydroxylation is 1. The Bertz CT molecular complexity index is 658. The van der Waals surface area contributed by atoms with E-state index in [2.05, 4.69) is 21.2 Å². The van der Waals surface area contributed by atoms with Crippen LogP contribution in [0.3, 0.4) is 0 Å². The van der Waals surface area contributed by atoms with Crippen LogP contribution < -0.4 is 15.8 Å². The van der Waals surface area contributed by atoms with Crippen molar-refractivity contribution in [3.8, 4) is 5.75 Å². The van der Waals surface area contributed by atoms with Gasteiger partial charge in [-0.3, -0.25) is 0 Å². The molecule has 20 heavy (non-hydrogen) atoms. The van der Waals surface area contributed by atoms with Gasteiger partial charge in [0.25, 0.3) is 0 Å². The molecule has 0 saturated carbocycles. The fraction of sp³-hybridized carbons (Fsp3) is 0.133. The molecule has 0 spiro atoms. The lowest BCUT2D eigenvalue weighted by Crippen LogP contribution is -2.12. The van der Waals surface area contributed by atoms with E-state index in [4.69, 9.17) is 22.7 Å². The Labute approximate surface area is 132 Å². The van der Waals surface area contributed by atoms with E-state index in [-0.39, 0.29) is 0 Å². The molecule has 0 fully saturated rings. The number of hydrogen-bond acceptors (Lipinski definition) is 3. The fourth-order valence-electron chi connectivity index (χ4n) is 1.99. The van der Waals surface area contributed by atoms with E-state index < -0.39 is 0 Å². The summed E-state index contributed by atoms with van der Waals surface area (Å²) in [7, 11) is 1.66. The van der Waals surface area contributed by atoms with Gasteiger partial charge in [-0.2, -0.15) is 0 Å². The van der Waals surface area contributed by atoms with Gasteiger partial charge < -0.3 is 15.8 Å². The van der Waals surface area contributed by atoms with Crippen molar-refractivity contribution in [2.24, 2.45) is 5.73 Å². The second kappa shape index (κ2) is 6.24. The maximum absolute atomic E-state index is 5.79. The predicted molar refractivity (Wildman–Crippen MR) is 91.0 cm³/mol. The van der Waals surface area contributed by atoms with Crippen LogP contribution in [0.1, 0.15) is 11.1 Å². The largest absolute Gasteiger partial charge is 0.496 e. The van der Waals surface area contributed by atoms with Crippen molar-refractivity contribution in [3.05, 3.63) is 52.0 Å². The van der Waals surface area contributed by atoms with Gasteiger partial charge in [0.1, 0.15) is 10.7 Å². The summed E-state index contributed by atoms with van der Waals surface area (Å²) in [4.78, 5) is 0.352. The number of thiocarbonyl (C=S) groups is 1. The van der Waals surface area contributed by atoms with Crippen LogP contribution in [0.4, 0.5) is 11.4 Å². The van der Waals surface area contributed by atoms with Crippen molar-refractivity contribution in [2.45, 2.75) is 6.92 Å². The maximum Gasteiger partial charge on any atom is 0.121 e. The number of nitrogens with two attached hydrogens (primary N) is 1. The Morgan fingerprint density at radius 3 is 2.65 bits per heavy atom. The van der Waals surface area contributed by atoms with Crippen LogP contribution in [0.25, 0.3) is 0 Å². The van der Waals surface area contributed by atoms with Gasteiger partial charge in [-0.15, -0.1) is 0 Å². The highest BCUT2D eigenvalue weighted by atomic mass is 79.9. The van der Waals surface area contributed by atoms with E-state index in [0.717, 1.165) is 32.7 Å². The molecule has 0 atom stereocenters.